The topological polar surface area (TPSA) is 46.4 Å². The fourth-order valence-corrected chi connectivity index (χ4v) is 1.54. The minimum absolute atomic E-state index is 0.342. The van der Waals surface area contributed by atoms with Gasteiger partial charge in [-0.05, 0) is 24.1 Å². The zero-order chi connectivity index (χ0) is 11.3. The average Bonchev–Trinajstić information content (AvgIpc) is 2.20. The number of nitro groups is 1. The lowest BCUT2D eigenvalue weighted by Crippen LogP contribution is -2.30. The van der Waals surface area contributed by atoms with E-state index in [2.05, 4.69) is 15.9 Å². The van der Waals surface area contributed by atoms with Gasteiger partial charge in [0.25, 0.3) is 0 Å². The van der Waals surface area contributed by atoms with Crippen molar-refractivity contribution in [2.24, 2.45) is 0 Å². The summed E-state index contributed by atoms with van der Waals surface area (Å²) in [6.45, 7) is 2.76. The highest BCUT2D eigenvalue weighted by Crippen LogP contribution is 2.12. The van der Waals surface area contributed by atoms with Crippen LogP contribution in [0.4, 0.5) is 0 Å². The standard InChI is InChI=1S/C10H13BrN2O2/c1-2-7-12(13(14)15)8-9-3-5-10(11)6-4-9/h3-6H,2,7-8H2,1H3. The maximum absolute atomic E-state index is 10.7. The number of hydrogen-bond acceptors (Lipinski definition) is 2. The summed E-state index contributed by atoms with van der Waals surface area (Å²) in [6.07, 6.45) is 0.775. The normalized spacial score (nSPS) is 10.0. The first-order valence-corrected chi connectivity index (χ1v) is 5.56. The maximum atomic E-state index is 10.7. The summed E-state index contributed by atoms with van der Waals surface area (Å²) in [7, 11) is 0. The van der Waals surface area contributed by atoms with Crippen molar-refractivity contribution in [2.45, 2.75) is 19.9 Å². The van der Waals surface area contributed by atoms with Crippen molar-refractivity contribution in [1.29, 1.82) is 0 Å². The van der Waals surface area contributed by atoms with Gasteiger partial charge in [0.2, 0.25) is 0 Å². The molecule has 0 aliphatic heterocycles. The van der Waals surface area contributed by atoms with Crippen molar-refractivity contribution in [3.05, 3.63) is 44.4 Å². The van der Waals surface area contributed by atoms with Gasteiger partial charge in [0.05, 0.1) is 6.54 Å². The van der Waals surface area contributed by atoms with E-state index in [1.54, 1.807) is 0 Å². The minimum Gasteiger partial charge on any atom is -0.235 e. The summed E-state index contributed by atoms with van der Waals surface area (Å²) in [6, 6.07) is 7.55. The van der Waals surface area contributed by atoms with Crippen LogP contribution >= 0.6 is 15.9 Å². The molecule has 0 saturated heterocycles. The van der Waals surface area contributed by atoms with Crippen LogP contribution in [-0.4, -0.2) is 16.6 Å². The van der Waals surface area contributed by atoms with Gasteiger partial charge >= 0.3 is 0 Å². The van der Waals surface area contributed by atoms with Crippen molar-refractivity contribution in [1.82, 2.24) is 5.01 Å². The van der Waals surface area contributed by atoms with E-state index in [0.29, 0.717) is 13.1 Å². The van der Waals surface area contributed by atoms with Crippen molar-refractivity contribution >= 4 is 15.9 Å². The molecular weight excluding hydrogens is 260 g/mol. The largest absolute Gasteiger partial charge is 0.235 e. The zero-order valence-corrected chi connectivity index (χ0v) is 10.1. The number of nitrogens with zero attached hydrogens (tertiary/aromatic N) is 2. The Hall–Kier alpha value is -1.10. The fourth-order valence-electron chi connectivity index (χ4n) is 1.28. The lowest BCUT2D eigenvalue weighted by Gasteiger charge is -2.13. The van der Waals surface area contributed by atoms with Gasteiger partial charge in [-0.25, -0.2) is 10.1 Å². The molecule has 1 rings (SSSR count). The number of halogens is 1. The van der Waals surface area contributed by atoms with E-state index in [4.69, 9.17) is 0 Å². The van der Waals surface area contributed by atoms with Gasteiger partial charge in [-0.2, -0.15) is 0 Å². The van der Waals surface area contributed by atoms with Gasteiger partial charge in [0.15, 0.2) is 5.03 Å². The quantitative estimate of drug-likeness (QED) is 0.612. The van der Waals surface area contributed by atoms with Gasteiger partial charge in [0, 0.05) is 4.47 Å². The molecule has 0 aromatic heterocycles. The zero-order valence-electron chi connectivity index (χ0n) is 8.52. The van der Waals surface area contributed by atoms with E-state index in [-0.39, 0.29) is 5.03 Å². The summed E-state index contributed by atoms with van der Waals surface area (Å²) < 4.78 is 0.981. The summed E-state index contributed by atoms with van der Waals surface area (Å²) >= 11 is 3.32. The Labute approximate surface area is 97.1 Å². The number of hydrazine groups is 1. The Morgan fingerprint density at radius 3 is 2.47 bits per heavy atom. The molecule has 1 aromatic carbocycles. The summed E-state index contributed by atoms with van der Waals surface area (Å²) in [5.41, 5.74) is 0.948. The first kappa shape index (κ1) is 12.0. The summed E-state index contributed by atoms with van der Waals surface area (Å²) in [5, 5.41) is 11.6. The highest BCUT2D eigenvalue weighted by atomic mass is 79.9. The van der Waals surface area contributed by atoms with Crippen LogP contribution in [-0.2, 0) is 6.54 Å². The van der Waals surface area contributed by atoms with Crippen molar-refractivity contribution in [3.63, 3.8) is 0 Å². The van der Waals surface area contributed by atoms with E-state index in [1.165, 1.54) is 5.01 Å². The second-order valence-electron chi connectivity index (χ2n) is 3.25. The molecule has 0 aliphatic rings. The van der Waals surface area contributed by atoms with Crippen LogP contribution in [0.5, 0.6) is 0 Å². The number of rotatable bonds is 5. The minimum atomic E-state index is -0.342. The van der Waals surface area contributed by atoms with E-state index < -0.39 is 0 Å². The highest BCUT2D eigenvalue weighted by molar-refractivity contribution is 9.10. The molecule has 0 unspecified atom stereocenters. The molecule has 0 aliphatic carbocycles. The molecule has 0 N–H and O–H groups in total. The van der Waals surface area contributed by atoms with Crippen molar-refractivity contribution in [3.8, 4) is 0 Å². The molecule has 0 radical (unpaired) electrons. The molecule has 4 nitrogen and oxygen atoms in total. The average molecular weight is 273 g/mol. The molecular formula is C10H13BrN2O2. The molecule has 5 heteroatoms. The van der Waals surface area contributed by atoms with E-state index in [0.717, 1.165) is 16.5 Å². The SMILES string of the molecule is CCCN(Cc1ccc(Br)cc1)[N+](=O)[O-]. The van der Waals surface area contributed by atoms with Gasteiger partial charge in [0.1, 0.15) is 6.54 Å². The van der Waals surface area contributed by atoms with E-state index in [9.17, 15) is 10.1 Å². The fraction of sp³-hybridized carbons (Fsp3) is 0.400. The predicted molar refractivity (Wildman–Crippen MR) is 61.8 cm³/mol. The predicted octanol–water partition coefficient (Wildman–Crippen LogP) is 2.85. The third-order valence-electron chi connectivity index (χ3n) is 1.99. The third-order valence-corrected chi connectivity index (χ3v) is 2.52. The third kappa shape index (κ3) is 3.87. The summed E-state index contributed by atoms with van der Waals surface area (Å²) in [5.74, 6) is 0. The van der Waals surface area contributed by atoms with Gasteiger partial charge in [-0.1, -0.05) is 35.0 Å². The Bertz CT molecular complexity index is 327. The molecule has 0 bridgehead atoms. The van der Waals surface area contributed by atoms with Gasteiger partial charge in [-0.3, -0.25) is 0 Å². The molecule has 1 aromatic rings. The monoisotopic (exact) mass is 272 g/mol. The Balaban J connectivity index is 2.65. The molecule has 0 saturated carbocycles. The Morgan fingerprint density at radius 2 is 2.00 bits per heavy atom. The molecule has 0 spiro atoms. The van der Waals surface area contributed by atoms with Crippen LogP contribution in [0.3, 0.4) is 0 Å². The van der Waals surface area contributed by atoms with Crippen LogP contribution in [0.2, 0.25) is 0 Å². The van der Waals surface area contributed by atoms with Gasteiger partial charge < -0.3 is 0 Å². The van der Waals surface area contributed by atoms with Crippen LogP contribution in [0, 0.1) is 10.1 Å². The van der Waals surface area contributed by atoms with Crippen LogP contribution in [0.15, 0.2) is 28.7 Å². The first-order chi connectivity index (χ1) is 7.13. The summed E-state index contributed by atoms with van der Waals surface area (Å²) in [4.78, 5) is 10.7. The van der Waals surface area contributed by atoms with E-state index >= 15 is 0 Å². The smallest absolute Gasteiger partial charge is 0.160 e. The number of hydrogen-bond donors (Lipinski definition) is 0. The van der Waals surface area contributed by atoms with Crippen molar-refractivity contribution < 1.29 is 5.03 Å². The molecule has 0 atom stereocenters. The molecule has 0 fully saturated rings. The lowest BCUT2D eigenvalue weighted by molar-refractivity contribution is -0.659. The Morgan fingerprint density at radius 1 is 1.40 bits per heavy atom. The second kappa shape index (κ2) is 5.70. The first-order valence-electron chi connectivity index (χ1n) is 4.77. The Kier molecular flexibility index (Phi) is 4.55. The van der Waals surface area contributed by atoms with Crippen LogP contribution in [0.1, 0.15) is 18.9 Å². The van der Waals surface area contributed by atoms with Gasteiger partial charge in [-0.15, -0.1) is 5.01 Å². The van der Waals surface area contributed by atoms with Crippen LogP contribution in [0.25, 0.3) is 0 Å². The van der Waals surface area contributed by atoms with Crippen molar-refractivity contribution in [2.75, 3.05) is 6.54 Å². The lowest BCUT2D eigenvalue weighted by atomic mass is 10.2. The molecule has 0 amide bonds. The maximum Gasteiger partial charge on any atom is 0.160 e. The van der Waals surface area contributed by atoms with E-state index in [1.807, 2.05) is 31.2 Å². The molecule has 0 heterocycles. The molecule has 82 valence electrons. The van der Waals surface area contributed by atoms with Crippen LogP contribution < -0.4 is 0 Å². The second-order valence-corrected chi connectivity index (χ2v) is 4.17. The molecule has 15 heavy (non-hydrogen) atoms. The number of benzene rings is 1. The highest BCUT2D eigenvalue weighted by Gasteiger charge is 2.12.